The predicted molar refractivity (Wildman–Crippen MR) is 95.8 cm³/mol. The Morgan fingerprint density at radius 2 is 1.92 bits per heavy atom. The zero-order valence-electron chi connectivity index (χ0n) is 14.7. The molecule has 3 heterocycles. The first-order valence-electron chi connectivity index (χ1n) is 9.24. The molecule has 5 heteroatoms. The first kappa shape index (κ1) is 16.3. The summed E-state index contributed by atoms with van der Waals surface area (Å²) in [5, 5.41) is 0. The number of oxazole rings is 1. The number of rotatable bonds is 4. The Hall–Kier alpha value is -2.14. The summed E-state index contributed by atoms with van der Waals surface area (Å²) in [6, 6.07) is 10.9. The van der Waals surface area contributed by atoms with Crippen LogP contribution in [0.1, 0.15) is 38.5 Å². The van der Waals surface area contributed by atoms with Crippen molar-refractivity contribution in [2.75, 3.05) is 13.1 Å². The van der Waals surface area contributed by atoms with E-state index in [2.05, 4.69) is 14.8 Å². The molecule has 2 aliphatic rings. The lowest BCUT2D eigenvalue weighted by Crippen LogP contribution is -2.47. The van der Waals surface area contributed by atoms with E-state index in [0.717, 1.165) is 56.1 Å². The molecule has 5 nitrogen and oxygen atoms in total. The van der Waals surface area contributed by atoms with Crippen molar-refractivity contribution in [1.82, 2.24) is 14.8 Å². The SMILES string of the molecule is CC(=O)N1CCC[C@@H]1[C@@H]1CCCN1Cc1ncc(-c2ccccc2)o1. The number of hydrogen-bond acceptors (Lipinski definition) is 4. The third-order valence-corrected chi connectivity index (χ3v) is 5.51. The van der Waals surface area contributed by atoms with Crippen molar-refractivity contribution in [1.29, 1.82) is 0 Å². The van der Waals surface area contributed by atoms with E-state index in [-0.39, 0.29) is 5.91 Å². The number of carbonyl (C=O) groups excluding carboxylic acids is 1. The van der Waals surface area contributed by atoms with E-state index in [1.807, 2.05) is 36.5 Å². The van der Waals surface area contributed by atoms with Crippen molar-refractivity contribution in [2.24, 2.45) is 0 Å². The summed E-state index contributed by atoms with van der Waals surface area (Å²) in [7, 11) is 0. The number of aromatic nitrogens is 1. The minimum absolute atomic E-state index is 0.205. The van der Waals surface area contributed by atoms with Crippen LogP contribution >= 0.6 is 0 Å². The van der Waals surface area contributed by atoms with Crippen LogP contribution in [0, 0.1) is 0 Å². The minimum atomic E-state index is 0.205. The molecule has 2 aromatic rings. The van der Waals surface area contributed by atoms with E-state index < -0.39 is 0 Å². The summed E-state index contributed by atoms with van der Waals surface area (Å²) < 4.78 is 5.98. The number of carbonyl (C=O) groups is 1. The first-order valence-corrected chi connectivity index (χ1v) is 9.24. The second kappa shape index (κ2) is 7.00. The fourth-order valence-corrected chi connectivity index (χ4v) is 4.36. The molecule has 0 spiro atoms. The molecule has 0 bridgehead atoms. The van der Waals surface area contributed by atoms with Crippen LogP contribution in [-0.2, 0) is 11.3 Å². The van der Waals surface area contributed by atoms with Gasteiger partial charge in [-0.2, -0.15) is 0 Å². The molecule has 132 valence electrons. The van der Waals surface area contributed by atoms with Gasteiger partial charge in [-0.15, -0.1) is 0 Å². The molecule has 25 heavy (non-hydrogen) atoms. The maximum atomic E-state index is 11.9. The second-order valence-electron chi connectivity index (χ2n) is 7.09. The van der Waals surface area contributed by atoms with Gasteiger partial charge in [0, 0.05) is 31.1 Å². The third-order valence-electron chi connectivity index (χ3n) is 5.51. The van der Waals surface area contributed by atoms with Gasteiger partial charge in [-0.25, -0.2) is 4.98 Å². The number of hydrogen-bond donors (Lipinski definition) is 0. The number of amides is 1. The molecule has 1 aromatic carbocycles. The van der Waals surface area contributed by atoms with E-state index in [1.165, 1.54) is 6.42 Å². The Labute approximate surface area is 148 Å². The fraction of sp³-hybridized carbons (Fsp3) is 0.500. The van der Waals surface area contributed by atoms with Crippen molar-refractivity contribution in [3.8, 4) is 11.3 Å². The van der Waals surface area contributed by atoms with Crippen molar-refractivity contribution in [3.63, 3.8) is 0 Å². The summed E-state index contributed by atoms with van der Waals surface area (Å²) >= 11 is 0. The molecule has 0 radical (unpaired) electrons. The van der Waals surface area contributed by atoms with Crippen LogP contribution in [0.3, 0.4) is 0 Å². The minimum Gasteiger partial charge on any atom is -0.439 e. The summed E-state index contributed by atoms with van der Waals surface area (Å²) in [5.41, 5.74) is 1.05. The number of benzene rings is 1. The smallest absolute Gasteiger partial charge is 0.219 e. The molecular formula is C20H25N3O2. The highest BCUT2D eigenvalue weighted by Gasteiger charge is 2.39. The zero-order valence-corrected chi connectivity index (χ0v) is 14.7. The third kappa shape index (κ3) is 3.33. The predicted octanol–water partition coefficient (Wildman–Crippen LogP) is 3.32. The monoisotopic (exact) mass is 339 g/mol. The van der Waals surface area contributed by atoms with Crippen LogP contribution in [0.5, 0.6) is 0 Å². The molecule has 2 aliphatic heterocycles. The van der Waals surface area contributed by atoms with Gasteiger partial charge in [-0.05, 0) is 32.2 Å². The fourth-order valence-electron chi connectivity index (χ4n) is 4.36. The standard InChI is InChI=1S/C20H25N3O2/c1-15(24)23-12-6-10-18(23)17-9-5-11-22(17)14-20-21-13-19(25-20)16-7-3-2-4-8-16/h2-4,7-8,13,17-18H,5-6,9-12,14H2,1H3/t17-,18+/m0/s1. The lowest BCUT2D eigenvalue weighted by molar-refractivity contribution is -0.130. The summed E-state index contributed by atoms with van der Waals surface area (Å²) in [4.78, 5) is 20.9. The molecule has 1 amide bonds. The second-order valence-corrected chi connectivity index (χ2v) is 7.09. The highest BCUT2D eigenvalue weighted by atomic mass is 16.4. The Morgan fingerprint density at radius 3 is 2.72 bits per heavy atom. The largest absolute Gasteiger partial charge is 0.439 e. The van der Waals surface area contributed by atoms with Gasteiger partial charge in [0.15, 0.2) is 5.76 Å². The lowest BCUT2D eigenvalue weighted by atomic mass is 10.0. The van der Waals surface area contributed by atoms with Crippen LogP contribution in [0.15, 0.2) is 40.9 Å². The summed E-state index contributed by atoms with van der Waals surface area (Å²) in [6.07, 6.45) is 6.38. The normalized spacial score (nSPS) is 24.1. The van der Waals surface area contributed by atoms with Crippen LogP contribution in [0.25, 0.3) is 11.3 Å². The maximum absolute atomic E-state index is 11.9. The summed E-state index contributed by atoms with van der Waals surface area (Å²) in [5.74, 6) is 1.78. The van der Waals surface area contributed by atoms with Crippen LogP contribution in [-0.4, -0.2) is 45.9 Å². The molecule has 2 fully saturated rings. The molecule has 2 atom stereocenters. The average molecular weight is 339 g/mol. The molecule has 1 aromatic heterocycles. The van der Waals surface area contributed by atoms with Crippen LogP contribution in [0.4, 0.5) is 0 Å². The number of nitrogens with zero attached hydrogens (tertiary/aromatic N) is 3. The van der Waals surface area contributed by atoms with E-state index >= 15 is 0 Å². The first-order chi connectivity index (χ1) is 12.2. The van der Waals surface area contributed by atoms with Gasteiger partial charge in [0.1, 0.15) is 0 Å². The summed E-state index contributed by atoms with van der Waals surface area (Å²) in [6.45, 7) is 4.37. The van der Waals surface area contributed by atoms with E-state index in [1.54, 1.807) is 6.92 Å². The van der Waals surface area contributed by atoms with Gasteiger partial charge >= 0.3 is 0 Å². The maximum Gasteiger partial charge on any atom is 0.219 e. The Balaban J connectivity index is 1.47. The molecule has 0 unspecified atom stereocenters. The van der Waals surface area contributed by atoms with Gasteiger partial charge in [-0.3, -0.25) is 9.69 Å². The zero-order chi connectivity index (χ0) is 17.2. The van der Waals surface area contributed by atoms with Crippen molar-refractivity contribution < 1.29 is 9.21 Å². The molecule has 0 N–H and O–H groups in total. The highest BCUT2D eigenvalue weighted by molar-refractivity contribution is 5.74. The Kier molecular flexibility index (Phi) is 4.57. The average Bonchev–Trinajstić information content (AvgIpc) is 3.36. The van der Waals surface area contributed by atoms with Crippen LogP contribution < -0.4 is 0 Å². The molecule has 4 rings (SSSR count). The highest BCUT2D eigenvalue weighted by Crippen LogP contribution is 2.31. The van der Waals surface area contributed by atoms with Gasteiger partial charge in [0.25, 0.3) is 0 Å². The van der Waals surface area contributed by atoms with E-state index in [9.17, 15) is 4.79 Å². The lowest BCUT2D eigenvalue weighted by Gasteiger charge is -2.34. The van der Waals surface area contributed by atoms with Crippen molar-refractivity contribution >= 4 is 5.91 Å². The quantitative estimate of drug-likeness (QED) is 0.857. The number of likely N-dealkylation sites (tertiary alicyclic amines) is 2. The van der Waals surface area contributed by atoms with Gasteiger partial charge in [0.2, 0.25) is 11.8 Å². The van der Waals surface area contributed by atoms with Gasteiger partial charge in [0.05, 0.1) is 12.7 Å². The van der Waals surface area contributed by atoms with E-state index in [4.69, 9.17) is 4.42 Å². The molecular weight excluding hydrogens is 314 g/mol. The van der Waals surface area contributed by atoms with Crippen LogP contribution in [0.2, 0.25) is 0 Å². The Morgan fingerprint density at radius 1 is 1.16 bits per heavy atom. The molecule has 2 saturated heterocycles. The van der Waals surface area contributed by atoms with Gasteiger partial charge in [-0.1, -0.05) is 30.3 Å². The Bertz CT molecular complexity index is 728. The van der Waals surface area contributed by atoms with Crippen molar-refractivity contribution in [3.05, 3.63) is 42.4 Å². The van der Waals surface area contributed by atoms with E-state index in [0.29, 0.717) is 12.1 Å². The van der Waals surface area contributed by atoms with Gasteiger partial charge < -0.3 is 9.32 Å². The topological polar surface area (TPSA) is 49.6 Å². The molecule has 0 aliphatic carbocycles. The van der Waals surface area contributed by atoms with Crippen molar-refractivity contribution in [2.45, 2.75) is 51.2 Å². The molecule has 0 saturated carbocycles.